The number of aliphatic hydroxyl groups excluding tert-OH is 1. The van der Waals surface area contributed by atoms with Gasteiger partial charge in [-0.15, -0.1) is 0 Å². The van der Waals surface area contributed by atoms with Crippen molar-refractivity contribution in [2.75, 3.05) is 6.61 Å². The molecule has 2 saturated carbocycles. The summed E-state index contributed by atoms with van der Waals surface area (Å²) in [4.78, 5) is 12.1. The van der Waals surface area contributed by atoms with E-state index >= 15 is 0 Å². The van der Waals surface area contributed by atoms with E-state index in [0.717, 1.165) is 31.6 Å². The molecule has 0 aliphatic heterocycles. The van der Waals surface area contributed by atoms with Crippen molar-refractivity contribution in [2.45, 2.75) is 57.9 Å². The SMILES string of the molecule is CC1CCC(CO)(NC(=O)C(C)C2CC2)CC1. The van der Waals surface area contributed by atoms with Gasteiger partial charge in [-0.1, -0.05) is 13.8 Å². The molecule has 0 aromatic carbocycles. The zero-order valence-electron chi connectivity index (χ0n) is 11.0. The van der Waals surface area contributed by atoms with Gasteiger partial charge in [0, 0.05) is 5.92 Å². The second-order valence-electron chi connectivity index (χ2n) is 6.24. The lowest BCUT2D eigenvalue weighted by molar-refractivity contribution is -0.128. The second-order valence-corrected chi connectivity index (χ2v) is 6.24. The van der Waals surface area contributed by atoms with Gasteiger partial charge in [0.1, 0.15) is 0 Å². The van der Waals surface area contributed by atoms with Gasteiger partial charge in [0.25, 0.3) is 0 Å². The van der Waals surface area contributed by atoms with Crippen LogP contribution in [0.25, 0.3) is 0 Å². The Kier molecular flexibility index (Phi) is 3.76. The van der Waals surface area contributed by atoms with E-state index in [1.165, 1.54) is 12.8 Å². The highest BCUT2D eigenvalue weighted by Gasteiger charge is 2.39. The average Bonchev–Trinajstić information content (AvgIpc) is 3.15. The minimum Gasteiger partial charge on any atom is -0.394 e. The van der Waals surface area contributed by atoms with E-state index in [0.29, 0.717) is 5.92 Å². The molecule has 0 saturated heterocycles. The predicted molar refractivity (Wildman–Crippen MR) is 67.5 cm³/mol. The highest BCUT2D eigenvalue weighted by Crippen LogP contribution is 2.38. The van der Waals surface area contributed by atoms with E-state index in [4.69, 9.17) is 0 Å². The van der Waals surface area contributed by atoms with Crippen LogP contribution in [0.1, 0.15) is 52.4 Å². The van der Waals surface area contributed by atoms with Crippen molar-refractivity contribution < 1.29 is 9.90 Å². The maximum absolute atomic E-state index is 12.1. The van der Waals surface area contributed by atoms with Gasteiger partial charge in [-0.25, -0.2) is 0 Å². The van der Waals surface area contributed by atoms with Crippen LogP contribution in [-0.4, -0.2) is 23.2 Å². The topological polar surface area (TPSA) is 49.3 Å². The van der Waals surface area contributed by atoms with E-state index < -0.39 is 0 Å². The third-order valence-electron chi connectivity index (χ3n) is 4.67. The Balaban J connectivity index is 1.91. The highest BCUT2D eigenvalue weighted by atomic mass is 16.3. The van der Waals surface area contributed by atoms with E-state index in [2.05, 4.69) is 12.2 Å². The average molecular weight is 239 g/mol. The maximum Gasteiger partial charge on any atom is 0.223 e. The highest BCUT2D eigenvalue weighted by molar-refractivity contribution is 5.79. The fraction of sp³-hybridized carbons (Fsp3) is 0.929. The lowest BCUT2D eigenvalue weighted by atomic mass is 9.77. The van der Waals surface area contributed by atoms with Crippen LogP contribution in [0, 0.1) is 17.8 Å². The molecular formula is C14H25NO2. The molecular weight excluding hydrogens is 214 g/mol. The Morgan fingerprint density at radius 2 is 1.94 bits per heavy atom. The normalized spacial score (nSPS) is 35.4. The van der Waals surface area contributed by atoms with Crippen molar-refractivity contribution >= 4 is 5.91 Å². The third kappa shape index (κ3) is 3.01. The predicted octanol–water partition coefficient (Wildman–Crippen LogP) is 2.09. The first-order valence-electron chi connectivity index (χ1n) is 6.99. The summed E-state index contributed by atoms with van der Waals surface area (Å²) in [6.45, 7) is 4.35. The molecule has 3 heteroatoms. The molecule has 1 unspecified atom stereocenters. The van der Waals surface area contributed by atoms with Gasteiger partial charge < -0.3 is 10.4 Å². The molecule has 0 aromatic rings. The van der Waals surface area contributed by atoms with Gasteiger partial charge >= 0.3 is 0 Å². The van der Waals surface area contributed by atoms with Crippen molar-refractivity contribution in [2.24, 2.45) is 17.8 Å². The summed E-state index contributed by atoms with van der Waals surface area (Å²) in [5, 5.41) is 12.7. The Morgan fingerprint density at radius 1 is 1.35 bits per heavy atom. The molecule has 2 aliphatic rings. The number of carbonyl (C=O) groups is 1. The van der Waals surface area contributed by atoms with Crippen LogP contribution in [0.5, 0.6) is 0 Å². The quantitative estimate of drug-likeness (QED) is 0.789. The van der Waals surface area contributed by atoms with Gasteiger partial charge in [0.15, 0.2) is 0 Å². The summed E-state index contributed by atoms with van der Waals surface area (Å²) in [7, 11) is 0. The molecule has 2 N–H and O–H groups in total. The summed E-state index contributed by atoms with van der Waals surface area (Å²) in [5.41, 5.74) is -0.327. The lowest BCUT2D eigenvalue weighted by Crippen LogP contribution is -2.54. The molecule has 98 valence electrons. The van der Waals surface area contributed by atoms with Crippen LogP contribution in [0.2, 0.25) is 0 Å². The van der Waals surface area contributed by atoms with Gasteiger partial charge in [0.05, 0.1) is 12.1 Å². The molecule has 3 nitrogen and oxygen atoms in total. The Hall–Kier alpha value is -0.570. The molecule has 0 radical (unpaired) electrons. The first-order valence-corrected chi connectivity index (χ1v) is 6.99. The van der Waals surface area contributed by atoms with E-state index in [-0.39, 0.29) is 24.0 Å². The summed E-state index contributed by atoms with van der Waals surface area (Å²) in [5.74, 6) is 1.59. The van der Waals surface area contributed by atoms with Gasteiger partial charge in [-0.05, 0) is 50.4 Å². The van der Waals surface area contributed by atoms with Crippen LogP contribution < -0.4 is 5.32 Å². The largest absolute Gasteiger partial charge is 0.394 e. The molecule has 1 atom stereocenters. The molecule has 0 aromatic heterocycles. The summed E-state index contributed by atoms with van der Waals surface area (Å²) >= 11 is 0. The van der Waals surface area contributed by atoms with Crippen molar-refractivity contribution in [1.29, 1.82) is 0 Å². The van der Waals surface area contributed by atoms with Crippen LogP contribution in [0.4, 0.5) is 0 Å². The third-order valence-corrected chi connectivity index (χ3v) is 4.67. The van der Waals surface area contributed by atoms with Crippen molar-refractivity contribution in [3.63, 3.8) is 0 Å². The number of carbonyl (C=O) groups excluding carboxylic acids is 1. The van der Waals surface area contributed by atoms with Crippen molar-refractivity contribution in [1.82, 2.24) is 5.32 Å². The Bertz CT molecular complexity index is 278. The van der Waals surface area contributed by atoms with Gasteiger partial charge in [0.2, 0.25) is 5.91 Å². The lowest BCUT2D eigenvalue weighted by Gasteiger charge is -2.39. The van der Waals surface area contributed by atoms with Crippen molar-refractivity contribution in [3.05, 3.63) is 0 Å². The molecule has 0 heterocycles. The minimum absolute atomic E-state index is 0.0862. The number of hydrogen-bond acceptors (Lipinski definition) is 2. The van der Waals surface area contributed by atoms with Crippen molar-refractivity contribution in [3.8, 4) is 0 Å². The molecule has 17 heavy (non-hydrogen) atoms. The van der Waals surface area contributed by atoms with E-state index in [9.17, 15) is 9.90 Å². The number of amides is 1. The Labute approximate surface area is 104 Å². The summed E-state index contributed by atoms with van der Waals surface area (Å²) in [6, 6.07) is 0. The van der Waals surface area contributed by atoms with Crippen LogP contribution in [0.15, 0.2) is 0 Å². The Morgan fingerprint density at radius 3 is 2.41 bits per heavy atom. The molecule has 2 fully saturated rings. The first kappa shape index (κ1) is 12.9. The molecule has 2 aliphatic carbocycles. The van der Waals surface area contributed by atoms with Gasteiger partial charge in [-0.3, -0.25) is 4.79 Å². The fourth-order valence-electron chi connectivity index (χ4n) is 2.82. The van der Waals surface area contributed by atoms with Gasteiger partial charge in [-0.2, -0.15) is 0 Å². The number of hydrogen-bond donors (Lipinski definition) is 2. The maximum atomic E-state index is 12.1. The van der Waals surface area contributed by atoms with Crippen LogP contribution >= 0.6 is 0 Å². The summed E-state index contributed by atoms with van der Waals surface area (Å²) < 4.78 is 0. The van der Waals surface area contributed by atoms with E-state index in [1.54, 1.807) is 0 Å². The number of nitrogens with one attached hydrogen (secondary N) is 1. The first-order chi connectivity index (χ1) is 8.06. The smallest absolute Gasteiger partial charge is 0.223 e. The minimum atomic E-state index is -0.327. The summed E-state index contributed by atoms with van der Waals surface area (Å²) in [6.07, 6.45) is 6.45. The zero-order valence-corrected chi connectivity index (χ0v) is 11.0. The standard InChI is InChI=1S/C14H25NO2/c1-10-5-7-14(9-16,8-6-10)15-13(17)11(2)12-3-4-12/h10-12,16H,3-9H2,1-2H3,(H,15,17). The second kappa shape index (κ2) is 4.97. The fourth-order valence-corrected chi connectivity index (χ4v) is 2.82. The monoisotopic (exact) mass is 239 g/mol. The molecule has 2 rings (SSSR count). The molecule has 0 bridgehead atoms. The van der Waals surface area contributed by atoms with Crippen LogP contribution in [-0.2, 0) is 4.79 Å². The molecule has 0 spiro atoms. The zero-order chi connectivity index (χ0) is 12.5. The molecule has 1 amide bonds. The van der Waals surface area contributed by atoms with Crippen LogP contribution in [0.3, 0.4) is 0 Å². The number of rotatable bonds is 4. The van der Waals surface area contributed by atoms with E-state index in [1.807, 2.05) is 6.92 Å². The number of aliphatic hydroxyl groups is 1.